The minimum absolute atomic E-state index is 0.00823. The second-order valence-corrected chi connectivity index (χ2v) is 7.52. The van der Waals surface area contributed by atoms with Gasteiger partial charge in [-0.3, -0.25) is 9.36 Å². The first kappa shape index (κ1) is 18.7. The third-order valence-electron chi connectivity index (χ3n) is 5.39. The van der Waals surface area contributed by atoms with E-state index in [0.29, 0.717) is 11.4 Å². The number of aromatic nitrogens is 2. The third-order valence-corrected chi connectivity index (χ3v) is 5.39. The zero-order valence-electron chi connectivity index (χ0n) is 16.4. The SMILES string of the molecule is CCCCc1nc2ccccc2c(=O)n1-c1ccc(NC2CCCNC2)cc1. The molecule has 1 fully saturated rings. The van der Waals surface area contributed by atoms with E-state index in [2.05, 4.69) is 29.7 Å². The topological polar surface area (TPSA) is 59.0 Å². The van der Waals surface area contributed by atoms with Gasteiger partial charge in [-0.15, -0.1) is 0 Å². The van der Waals surface area contributed by atoms with Gasteiger partial charge < -0.3 is 10.6 Å². The van der Waals surface area contributed by atoms with Gasteiger partial charge in [-0.25, -0.2) is 4.98 Å². The molecule has 28 heavy (non-hydrogen) atoms. The molecular weight excluding hydrogens is 348 g/mol. The third kappa shape index (κ3) is 3.94. The molecule has 146 valence electrons. The summed E-state index contributed by atoms with van der Waals surface area (Å²) in [5, 5.41) is 7.68. The monoisotopic (exact) mass is 376 g/mol. The first-order valence-electron chi connectivity index (χ1n) is 10.3. The lowest BCUT2D eigenvalue weighted by Gasteiger charge is -2.25. The van der Waals surface area contributed by atoms with Gasteiger partial charge in [0.05, 0.1) is 16.6 Å². The molecule has 1 unspecified atom stereocenters. The quantitative estimate of drug-likeness (QED) is 0.685. The van der Waals surface area contributed by atoms with Crippen LogP contribution in [0, 0.1) is 0 Å². The lowest BCUT2D eigenvalue weighted by Crippen LogP contribution is -2.38. The molecule has 5 heteroatoms. The Morgan fingerprint density at radius 3 is 2.75 bits per heavy atom. The molecule has 1 atom stereocenters. The standard InChI is InChI=1S/C23H28N4O/c1-2-3-10-22-26-21-9-5-4-8-20(21)23(28)27(22)19-13-11-17(12-14-19)25-18-7-6-15-24-16-18/h4-5,8-9,11-14,18,24-25H,2-3,6-7,10,15-16H2,1H3. The Morgan fingerprint density at radius 1 is 1.18 bits per heavy atom. The normalized spacial score (nSPS) is 17.0. The molecule has 1 aliphatic heterocycles. The van der Waals surface area contributed by atoms with Crippen LogP contribution in [0.5, 0.6) is 0 Å². The van der Waals surface area contributed by atoms with Crippen LogP contribution in [0.1, 0.15) is 38.4 Å². The van der Waals surface area contributed by atoms with E-state index in [9.17, 15) is 4.79 Å². The number of rotatable bonds is 6. The number of unbranched alkanes of at least 4 members (excludes halogenated alkanes) is 1. The minimum Gasteiger partial charge on any atom is -0.381 e. The van der Waals surface area contributed by atoms with Crippen LogP contribution in [-0.2, 0) is 6.42 Å². The van der Waals surface area contributed by atoms with Gasteiger partial charge in [-0.05, 0) is 62.2 Å². The summed E-state index contributed by atoms with van der Waals surface area (Å²) in [6.45, 7) is 4.26. The summed E-state index contributed by atoms with van der Waals surface area (Å²) in [6.07, 6.45) is 5.27. The number of para-hydroxylation sites is 1. The van der Waals surface area contributed by atoms with Crippen molar-refractivity contribution >= 4 is 16.6 Å². The zero-order chi connectivity index (χ0) is 19.3. The summed E-state index contributed by atoms with van der Waals surface area (Å²) < 4.78 is 1.78. The van der Waals surface area contributed by atoms with E-state index in [-0.39, 0.29) is 5.56 Å². The largest absolute Gasteiger partial charge is 0.381 e. The Labute approximate surface area is 165 Å². The van der Waals surface area contributed by atoms with E-state index in [1.165, 1.54) is 12.8 Å². The molecule has 0 aliphatic carbocycles. The lowest BCUT2D eigenvalue weighted by molar-refractivity contribution is 0.480. The molecule has 0 amide bonds. The van der Waals surface area contributed by atoms with Crippen LogP contribution in [0.25, 0.3) is 16.6 Å². The summed E-state index contributed by atoms with van der Waals surface area (Å²) in [5.74, 6) is 0.836. The van der Waals surface area contributed by atoms with Crippen molar-refractivity contribution in [1.82, 2.24) is 14.9 Å². The second-order valence-electron chi connectivity index (χ2n) is 7.52. The molecule has 2 N–H and O–H groups in total. The molecule has 1 saturated heterocycles. The van der Waals surface area contributed by atoms with Gasteiger partial charge in [-0.1, -0.05) is 25.5 Å². The molecule has 4 rings (SSSR count). The first-order chi connectivity index (χ1) is 13.8. The number of nitrogens with one attached hydrogen (secondary N) is 2. The van der Waals surface area contributed by atoms with Crippen LogP contribution < -0.4 is 16.2 Å². The number of hydrogen-bond donors (Lipinski definition) is 2. The molecule has 0 radical (unpaired) electrons. The Morgan fingerprint density at radius 2 is 2.00 bits per heavy atom. The highest BCUT2D eigenvalue weighted by atomic mass is 16.1. The molecular formula is C23H28N4O. The lowest BCUT2D eigenvalue weighted by atomic mass is 10.1. The molecule has 5 nitrogen and oxygen atoms in total. The summed E-state index contributed by atoms with van der Waals surface area (Å²) >= 11 is 0. The van der Waals surface area contributed by atoms with E-state index in [4.69, 9.17) is 4.98 Å². The Kier molecular flexibility index (Phi) is 5.72. The average Bonchev–Trinajstić information content (AvgIpc) is 2.74. The maximum atomic E-state index is 13.2. The predicted octanol–water partition coefficient (Wildman–Crippen LogP) is 3.89. The highest BCUT2D eigenvalue weighted by Crippen LogP contribution is 2.18. The number of piperidine rings is 1. The van der Waals surface area contributed by atoms with E-state index >= 15 is 0 Å². The number of anilines is 1. The highest BCUT2D eigenvalue weighted by Gasteiger charge is 2.14. The van der Waals surface area contributed by atoms with Gasteiger partial charge in [0.2, 0.25) is 0 Å². The average molecular weight is 377 g/mol. The van der Waals surface area contributed by atoms with Crippen LogP contribution in [-0.4, -0.2) is 28.7 Å². The molecule has 2 aromatic carbocycles. The van der Waals surface area contributed by atoms with Gasteiger partial charge in [-0.2, -0.15) is 0 Å². The summed E-state index contributed by atoms with van der Waals surface area (Å²) in [5.41, 5.74) is 2.75. The van der Waals surface area contributed by atoms with E-state index in [0.717, 1.165) is 55.1 Å². The predicted molar refractivity (Wildman–Crippen MR) is 115 cm³/mol. The molecule has 0 spiro atoms. The smallest absolute Gasteiger partial charge is 0.265 e. The summed E-state index contributed by atoms with van der Waals surface area (Å²) in [4.78, 5) is 18.0. The van der Waals surface area contributed by atoms with Crippen LogP contribution in [0.4, 0.5) is 5.69 Å². The Balaban J connectivity index is 1.68. The number of fused-ring (bicyclic) bond motifs is 1. The maximum absolute atomic E-state index is 13.2. The van der Waals surface area contributed by atoms with Crippen LogP contribution in [0.3, 0.4) is 0 Å². The maximum Gasteiger partial charge on any atom is 0.265 e. The Hall–Kier alpha value is -2.66. The fraction of sp³-hybridized carbons (Fsp3) is 0.391. The number of nitrogens with zero attached hydrogens (tertiary/aromatic N) is 2. The zero-order valence-corrected chi connectivity index (χ0v) is 16.4. The molecule has 1 aliphatic rings. The van der Waals surface area contributed by atoms with Crippen molar-refractivity contribution in [2.45, 2.75) is 45.1 Å². The second kappa shape index (κ2) is 8.57. The van der Waals surface area contributed by atoms with Gasteiger partial charge in [0.25, 0.3) is 5.56 Å². The fourth-order valence-electron chi connectivity index (χ4n) is 3.87. The van der Waals surface area contributed by atoms with E-state index in [1.807, 2.05) is 36.4 Å². The van der Waals surface area contributed by atoms with Gasteiger partial charge in [0, 0.05) is 24.7 Å². The number of benzene rings is 2. The van der Waals surface area contributed by atoms with Crippen LogP contribution in [0.15, 0.2) is 53.3 Å². The fourth-order valence-corrected chi connectivity index (χ4v) is 3.87. The highest BCUT2D eigenvalue weighted by molar-refractivity contribution is 5.77. The van der Waals surface area contributed by atoms with Crippen molar-refractivity contribution in [3.63, 3.8) is 0 Å². The van der Waals surface area contributed by atoms with Crippen molar-refractivity contribution in [2.75, 3.05) is 18.4 Å². The van der Waals surface area contributed by atoms with Crippen molar-refractivity contribution in [3.05, 3.63) is 64.7 Å². The minimum atomic E-state index is 0.00823. The van der Waals surface area contributed by atoms with Crippen LogP contribution >= 0.6 is 0 Å². The van der Waals surface area contributed by atoms with Gasteiger partial charge in [0.1, 0.15) is 5.82 Å². The summed E-state index contributed by atoms with van der Waals surface area (Å²) in [7, 11) is 0. The molecule has 2 heterocycles. The van der Waals surface area contributed by atoms with Gasteiger partial charge in [0.15, 0.2) is 0 Å². The van der Waals surface area contributed by atoms with Crippen molar-refractivity contribution < 1.29 is 0 Å². The van der Waals surface area contributed by atoms with E-state index < -0.39 is 0 Å². The molecule has 0 saturated carbocycles. The Bertz CT molecular complexity index is 988. The summed E-state index contributed by atoms with van der Waals surface area (Å²) in [6, 6.07) is 16.2. The van der Waals surface area contributed by atoms with E-state index in [1.54, 1.807) is 4.57 Å². The molecule has 0 bridgehead atoms. The van der Waals surface area contributed by atoms with Crippen LogP contribution in [0.2, 0.25) is 0 Å². The van der Waals surface area contributed by atoms with Gasteiger partial charge >= 0.3 is 0 Å². The molecule has 1 aromatic heterocycles. The first-order valence-corrected chi connectivity index (χ1v) is 10.3. The van der Waals surface area contributed by atoms with Crippen molar-refractivity contribution in [2.24, 2.45) is 0 Å². The van der Waals surface area contributed by atoms with Crippen molar-refractivity contribution in [1.29, 1.82) is 0 Å². The number of hydrogen-bond acceptors (Lipinski definition) is 4. The number of aryl methyl sites for hydroxylation is 1. The molecule has 3 aromatic rings. The van der Waals surface area contributed by atoms with Crippen molar-refractivity contribution in [3.8, 4) is 5.69 Å².